The van der Waals surface area contributed by atoms with E-state index in [4.69, 9.17) is 27.9 Å². The Bertz CT molecular complexity index is 715. The van der Waals surface area contributed by atoms with Gasteiger partial charge in [0.25, 0.3) is 5.91 Å². The molecule has 0 saturated heterocycles. The second kappa shape index (κ2) is 5.58. The number of aryl methyl sites for hydroxylation is 1. The largest absolute Gasteiger partial charge is 0.480 e. The fraction of sp³-hybridized carbons (Fsp3) is 0.188. The molecule has 1 aliphatic rings. The van der Waals surface area contributed by atoms with Crippen LogP contribution in [-0.4, -0.2) is 12.0 Å². The van der Waals surface area contributed by atoms with E-state index in [1.807, 2.05) is 13.0 Å². The summed E-state index contributed by atoms with van der Waals surface area (Å²) in [6.07, 6.45) is -0.0116. The number of hydrogen-bond donors (Lipinski definition) is 1. The normalized spacial score (nSPS) is 16.2. The standard InChI is InChI=1S/C16H13Cl2NO2/c1-9-6-11(17)2-4-13(9)19-16(20)15-8-10-7-12(18)3-5-14(10)21-15/h2-7,15H,8H2,1H3,(H,19,20). The van der Waals surface area contributed by atoms with Crippen LogP contribution in [0.3, 0.4) is 0 Å². The topological polar surface area (TPSA) is 38.3 Å². The molecule has 0 bridgehead atoms. The van der Waals surface area contributed by atoms with E-state index in [0.29, 0.717) is 22.2 Å². The molecule has 1 atom stereocenters. The third-order valence-corrected chi connectivity index (χ3v) is 3.91. The molecule has 0 spiro atoms. The van der Waals surface area contributed by atoms with Gasteiger partial charge in [-0.05, 0) is 54.4 Å². The molecule has 1 aliphatic heterocycles. The zero-order chi connectivity index (χ0) is 15.0. The minimum absolute atomic E-state index is 0.173. The number of benzene rings is 2. The fourth-order valence-corrected chi connectivity index (χ4v) is 2.77. The molecule has 1 unspecified atom stereocenters. The maximum atomic E-state index is 12.3. The Hall–Kier alpha value is -1.71. The van der Waals surface area contributed by atoms with E-state index < -0.39 is 6.10 Å². The first-order valence-corrected chi connectivity index (χ1v) is 7.30. The van der Waals surface area contributed by atoms with Crippen LogP contribution in [0, 0.1) is 6.92 Å². The molecule has 21 heavy (non-hydrogen) atoms. The Morgan fingerprint density at radius 2 is 1.90 bits per heavy atom. The highest BCUT2D eigenvalue weighted by Crippen LogP contribution is 2.31. The van der Waals surface area contributed by atoms with E-state index in [9.17, 15) is 4.79 Å². The van der Waals surface area contributed by atoms with Gasteiger partial charge in [-0.15, -0.1) is 0 Å². The van der Waals surface area contributed by atoms with Gasteiger partial charge in [-0.3, -0.25) is 4.79 Å². The van der Waals surface area contributed by atoms with Crippen LogP contribution in [-0.2, 0) is 11.2 Å². The molecule has 3 nitrogen and oxygen atoms in total. The van der Waals surface area contributed by atoms with Crippen molar-refractivity contribution in [2.45, 2.75) is 19.4 Å². The molecule has 1 amide bonds. The highest BCUT2D eigenvalue weighted by molar-refractivity contribution is 6.31. The molecule has 0 fully saturated rings. The SMILES string of the molecule is Cc1cc(Cl)ccc1NC(=O)C1Cc2cc(Cl)ccc2O1. The number of halogens is 2. The number of rotatable bonds is 2. The Labute approximate surface area is 132 Å². The summed E-state index contributed by atoms with van der Waals surface area (Å²) in [5, 5.41) is 4.16. The van der Waals surface area contributed by atoms with Crippen LogP contribution in [0.4, 0.5) is 5.69 Å². The maximum absolute atomic E-state index is 12.3. The summed E-state index contributed by atoms with van der Waals surface area (Å²) in [6, 6.07) is 10.7. The van der Waals surface area contributed by atoms with Crippen LogP contribution < -0.4 is 10.1 Å². The van der Waals surface area contributed by atoms with Crippen molar-refractivity contribution in [2.75, 3.05) is 5.32 Å². The van der Waals surface area contributed by atoms with E-state index >= 15 is 0 Å². The zero-order valence-electron chi connectivity index (χ0n) is 11.3. The molecule has 0 aromatic heterocycles. The van der Waals surface area contributed by atoms with Crippen molar-refractivity contribution in [3.63, 3.8) is 0 Å². The van der Waals surface area contributed by atoms with E-state index in [0.717, 1.165) is 16.8 Å². The van der Waals surface area contributed by atoms with Gasteiger partial charge in [0.2, 0.25) is 0 Å². The number of ether oxygens (including phenoxy) is 1. The van der Waals surface area contributed by atoms with Gasteiger partial charge in [0.1, 0.15) is 5.75 Å². The molecular weight excluding hydrogens is 309 g/mol. The minimum Gasteiger partial charge on any atom is -0.480 e. The van der Waals surface area contributed by atoms with Gasteiger partial charge >= 0.3 is 0 Å². The summed E-state index contributed by atoms with van der Waals surface area (Å²) in [5.74, 6) is 0.542. The number of amides is 1. The van der Waals surface area contributed by atoms with Gasteiger partial charge in [0.05, 0.1) is 0 Å². The lowest BCUT2D eigenvalue weighted by Gasteiger charge is -2.13. The molecule has 2 aromatic carbocycles. The van der Waals surface area contributed by atoms with Crippen LogP contribution in [0.2, 0.25) is 10.0 Å². The van der Waals surface area contributed by atoms with E-state index in [1.165, 1.54) is 0 Å². The smallest absolute Gasteiger partial charge is 0.265 e. The average Bonchev–Trinajstić information content (AvgIpc) is 2.85. The third kappa shape index (κ3) is 2.99. The average molecular weight is 322 g/mol. The number of carbonyl (C=O) groups is 1. The summed E-state index contributed by atoms with van der Waals surface area (Å²) < 4.78 is 5.66. The molecule has 5 heteroatoms. The number of carbonyl (C=O) groups excluding carboxylic acids is 1. The van der Waals surface area contributed by atoms with Gasteiger partial charge < -0.3 is 10.1 Å². The minimum atomic E-state index is -0.534. The molecule has 0 aliphatic carbocycles. The lowest BCUT2D eigenvalue weighted by Crippen LogP contribution is -2.31. The second-order valence-electron chi connectivity index (χ2n) is 5.01. The fourth-order valence-electron chi connectivity index (χ4n) is 2.34. The van der Waals surface area contributed by atoms with E-state index in [-0.39, 0.29) is 5.91 Å². The van der Waals surface area contributed by atoms with Gasteiger partial charge in [-0.25, -0.2) is 0 Å². The number of hydrogen-bond acceptors (Lipinski definition) is 2. The Kier molecular flexibility index (Phi) is 3.79. The molecule has 108 valence electrons. The summed E-state index contributed by atoms with van der Waals surface area (Å²) in [6.45, 7) is 1.89. The number of anilines is 1. The predicted octanol–water partition coefficient (Wildman–Crippen LogP) is 4.24. The highest BCUT2D eigenvalue weighted by Gasteiger charge is 2.29. The lowest BCUT2D eigenvalue weighted by molar-refractivity contribution is -0.122. The van der Waals surface area contributed by atoms with Gasteiger partial charge in [0, 0.05) is 22.2 Å². The quantitative estimate of drug-likeness (QED) is 0.898. The molecule has 3 rings (SSSR count). The number of fused-ring (bicyclic) bond motifs is 1. The van der Waals surface area contributed by atoms with Crippen molar-refractivity contribution < 1.29 is 9.53 Å². The second-order valence-corrected chi connectivity index (χ2v) is 5.88. The van der Waals surface area contributed by atoms with Crippen molar-refractivity contribution in [3.8, 4) is 5.75 Å². The monoisotopic (exact) mass is 321 g/mol. The highest BCUT2D eigenvalue weighted by atomic mass is 35.5. The summed E-state index contributed by atoms with van der Waals surface area (Å²) >= 11 is 11.9. The Balaban J connectivity index is 1.73. The zero-order valence-corrected chi connectivity index (χ0v) is 12.8. The first kappa shape index (κ1) is 14.2. The predicted molar refractivity (Wildman–Crippen MR) is 84.4 cm³/mol. The van der Waals surface area contributed by atoms with Gasteiger partial charge in [0.15, 0.2) is 6.10 Å². The van der Waals surface area contributed by atoms with Crippen molar-refractivity contribution in [1.29, 1.82) is 0 Å². The first-order valence-electron chi connectivity index (χ1n) is 6.55. The number of nitrogens with one attached hydrogen (secondary N) is 1. The van der Waals surface area contributed by atoms with Crippen molar-refractivity contribution in [3.05, 3.63) is 57.6 Å². The third-order valence-electron chi connectivity index (χ3n) is 3.44. The molecular formula is C16H13Cl2NO2. The van der Waals surface area contributed by atoms with Crippen LogP contribution >= 0.6 is 23.2 Å². The molecule has 1 heterocycles. The Morgan fingerprint density at radius 3 is 2.67 bits per heavy atom. The molecule has 1 N–H and O–H groups in total. The van der Waals surface area contributed by atoms with E-state index in [1.54, 1.807) is 30.3 Å². The summed E-state index contributed by atoms with van der Waals surface area (Å²) in [7, 11) is 0. The first-order chi connectivity index (χ1) is 10.0. The molecule has 0 saturated carbocycles. The maximum Gasteiger partial charge on any atom is 0.265 e. The molecule has 2 aromatic rings. The van der Waals surface area contributed by atoms with Gasteiger partial charge in [-0.1, -0.05) is 23.2 Å². The summed E-state index contributed by atoms with van der Waals surface area (Å²) in [4.78, 5) is 12.3. The van der Waals surface area contributed by atoms with Crippen LogP contribution in [0.5, 0.6) is 5.75 Å². The van der Waals surface area contributed by atoms with E-state index in [2.05, 4.69) is 5.32 Å². The van der Waals surface area contributed by atoms with Crippen molar-refractivity contribution in [1.82, 2.24) is 0 Å². The van der Waals surface area contributed by atoms with Crippen LogP contribution in [0.1, 0.15) is 11.1 Å². The Morgan fingerprint density at radius 1 is 1.19 bits per heavy atom. The van der Waals surface area contributed by atoms with Crippen LogP contribution in [0.25, 0.3) is 0 Å². The van der Waals surface area contributed by atoms with Gasteiger partial charge in [-0.2, -0.15) is 0 Å². The molecule has 0 radical (unpaired) electrons. The van der Waals surface area contributed by atoms with Crippen molar-refractivity contribution >= 4 is 34.8 Å². The summed E-state index contributed by atoms with van der Waals surface area (Å²) in [5.41, 5.74) is 2.60. The van der Waals surface area contributed by atoms with Crippen LogP contribution in [0.15, 0.2) is 36.4 Å². The lowest BCUT2D eigenvalue weighted by atomic mass is 10.1. The van der Waals surface area contributed by atoms with Crippen molar-refractivity contribution in [2.24, 2.45) is 0 Å².